The van der Waals surface area contributed by atoms with Crippen LogP contribution in [0.5, 0.6) is 0 Å². The minimum absolute atomic E-state index is 0.00868. The average Bonchev–Trinajstić information content (AvgIpc) is 3.46. The van der Waals surface area contributed by atoms with Gasteiger partial charge in [0.05, 0.1) is 34.1 Å². The van der Waals surface area contributed by atoms with Gasteiger partial charge < -0.3 is 15.0 Å². The number of ether oxygens (including phenoxy) is 1. The van der Waals surface area contributed by atoms with Gasteiger partial charge in [-0.3, -0.25) is 4.79 Å². The monoisotopic (exact) mass is 502 g/mol. The van der Waals surface area contributed by atoms with E-state index < -0.39 is 0 Å². The highest BCUT2D eigenvalue weighted by molar-refractivity contribution is 6.43. The molecule has 2 aromatic rings. The molecule has 1 spiro atoms. The molecule has 1 N–H and O–H groups in total. The van der Waals surface area contributed by atoms with E-state index in [1.54, 1.807) is 6.07 Å². The van der Waals surface area contributed by atoms with Crippen LogP contribution in [-0.2, 0) is 4.74 Å². The summed E-state index contributed by atoms with van der Waals surface area (Å²) in [5.74, 6) is 1.21. The number of benzene rings is 1. The van der Waals surface area contributed by atoms with E-state index in [9.17, 15) is 4.79 Å². The van der Waals surface area contributed by atoms with E-state index in [1.807, 2.05) is 19.1 Å². The van der Waals surface area contributed by atoms with Gasteiger partial charge in [-0.15, -0.1) is 0 Å². The second-order valence-corrected chi connectivity index (χ2v) is 10.9. The number of aryl methyl sites for hydroxylation is 1. The maximum Gasteiger partial charge on any atom is 0.274 e. The molecule has 0 radical (unpaired) electrons. The normalized spacial score (nSPS) is 24.1. The van der Waals surface area contributed by atoms with Crippen LogP contribution in [0.15, 0.2) is 18.2 Å². The lowest BCUT2D eigenvalue weighted by Gasteiger charge is -2.43. The zero-order valence-electron chi connectivity index (χ0n) is 19.9. The average molecular weight is 503 g/mol. The molecule has 1 aromatic carbocycles. The number of piperidine rings is 1. The van der Waals surface area contributed by atoms with Crippen molar-refractivity contribution in [3.63, 3.8) is 0 Å². The smallest absolute Gasteiger partial charge is 0.274 e. The van der Waals surface area contributed by atoms with Crippen LogP contribution in [0.1, 0.15) is 61.6 Å². The van der Waals surface area contributed by atoms with E-state index in [0.29, 0.717) is 51.4 Å². The van der Waals surface area contributed by atoms with Gasteiger partial charge in [0.15, 0.2) is 11.5 Å². The van der Waals surface area contributed by atoms with Crippen molar-refractivity contribution in [1.29, 1.82) is 0 Å². The van der Waals surface area contributed by atoms with Crippen molar-refractivity contribution in [2.24, 2.45) is 11.3 Å². The Labute approximate surface area is 211 Å². The molecule has 1 aliphatic carbocycles. The second-order valence-electron chi connectivity index (χ2n) is 10.1. The third kappa shape index (κ3) is 4.40. The maximum atomic E-state index is 13.5. The molecule has 1 unspecified atom stereocenters. The molecule has 0 bridgehead atoms. The van der Waals surface area contributed by atoms with Crippen LogP contribution in [0, 0.1) is 18.3 Å². The molecule has 8 heteroatoms. The van der Waals surface area contributed by atoms with Gasteiger partial charge in [-0.05, 0) is 50.0 Å². The predicted molar refractivity (Wildman–Crippen MR) is 136 cm³/mol. The fraction of sp³-hybridized carbons (Fsp3) is 0.577. The van der Waals surface area contributed by atoms with Crippen molar-refractivity contribution in [3.05, 3.63) is 39.6 Å². The lowest BCUT2D eigenvalue weighted by atomic mass is 9.71. The SMILES string of the molecule is Cc1nc(N2CCC3(CCC[C@H]3C)CC2)c(C(=O)NC2CCOC2)nc1-c1cccc(Cl)c1Cl. The van der Waals surface area contributed by atoms with Crippen LogP contribution in [0.3, 0.4) is 0 Å². The van der Waals surface area contributed by atoms with Gasteiger partial charge in [-0.25, -0.2) is 9.97 Å². The Bertz CT molecular complexity index is 1080. The molecule has 2 saturated heterocycles. The third-order valence-electron chi connectivity index (χ3n) is 8.15. The molecule has 3 fully saturated rings. The van der Waals surface area contributed by atoms with Crippen molar-refractivity contribution in [3.8, 4) is 11.3 Å². The predicted octanol–water partition coefficient (Wildman–Crippen LogP) is 5.68. The van der Waals surface area contributed by atoms with Gasteiger partial charge in [0.1, 0.15) is 0 Å². The highest BCUT2D eigenvalue weighted by atomic mass is 35.5. The van der Waals surface area contributed by atoms with Crippen molar-refractivity contribution in [1.82, 2.24) is 15.3 Å². The van der Waals surface area contributed by atoms with Crippen LogP contribution in [0.4, 0.5) is 5.82 Å². The van der Waals surface area contributed by atoms with Crippen molar-refractivity contribution >= 4 is 34.9 Å². The summed E-state index contributed by atoms with van der Waals surface area (Å²) in [7, 11) is 0. The number of rotatable bonds is 4. The van der Waals surface area contributed by atoms with Gasteiger partial charge >= 0.3 is 0 Å². The standard InChI is InChI=1S/C26H32Cl2N4O2/c1-16-5-4-9-26(16)10-12-32(13-11-26)24-23(25(33)30-18-8-14-34-15-18)31-22(17(2)29-24)19-6-3-7-20(27)21(19)28/h3,6-7,16,18H,4-5,8-15H2,1-2H3,(H,30,33)/t16-,18?/m1/s1. The second kappa shape index (κ2) is 9.63. The van der Waals surface area contributed by atoms with Crippen LogP contribution < -0.4 is 10.2 Å². The first-order chi connectivity index (χ1) is 16.4. The molecule has 3 aliphatic rings. The molecule has 2 aliphatic heterocycles. The summed E-state index contributed by atoms with van der Waals surface area (Å²) in [5, 5.41) is 3.97. The van der Waals surface area contributed by atoms with Gasteiger partial charge in [0.2, 0.25) is 0 Å². The van der Waals surface area contributed by atoms with E-state index >= 15 is 0 Å². The van der Waals surface area contributed by atoms with Gasteiger partial charge in [-0.2, -0.15) is 0 Å². The lowest BCUT2D eigenvalue weighted by Crippen LogP contribution is -2.43. The topological polar surface area (TPSA) is 67.4 Å². The molecule has 34 heavy (non-hydrogen) atoms. The number of aromatic nitrogens is 2. The Kier molecular flexibility index (Phi) is 6.75. The van der Waals surface area contributed by atoms with E-state index in [1.165, 1.54) is 19.3 Å². The Morgan fingerprint density at radius 1 is 1.18 bits per heavy atom. The zero-order valence-corrected chi connectivity index (χ0v) is 21.4. The number of amides is 1. The van der Waals surface area contributed by atoms with Crippen molar-refractivity contribution < 1.29 is 9.53 Å². The number of nitrogens with zero attached hydrogens (tertiary/aromatic N) is 3. The molecule has 182 valence electrons. The Morgan fingerprint density at radius 3 is 2.65 bits per heavy atom. The van der Waals surface area contributed by atoms with E-state index in [4.69, 9.17) is 37.9 Å². The summed E-state index contributed by atoms with van der Waals surface area (Å²) in [4.78, 5) is 25.5. The Balaban J connectivity index is 1.50. The highest BCUT2D eigenvalue weighted by Crippen LogP contribution is 2.50. The maximum absolute atomic E-state index is 13.5. The Hall–Kier alpha value is -1.89. The van der Waals surface area contributed by atoms with Gasteiger partial charge in [-0.1, -0.05) is 55.1 Å². The first-order valence-electron chi connectivity index (χ1n) is 12.3. The van der Waals surface area contributed by atoms with E-state index in [-0.39, 0.29) is 11.9 Å². The fourth-order valence-corrected chi connectivity index (χ4v) is 6.33. The first-order valence-corrected chi connectivity index (χ1v) is 13.1. The van der Waals surface area contributed by atoms with E-state index in [0.717, 1.165) is 44.0 Å². The minimum atomic E-state index is -0.216. The zero-order chi connectivity index (χ0) is 23.9. The molecule has 6 nitrogen and oxygen atoms in total. The van der Waals surface area contributed by atoms with Gasteiger partial charge in [0, 0.05) is 25.3 Å². The summed E-state index contributed by atoms with van der Waals surface area (Å²) in [6.45, 7) is 7.29. The number of halogens is 2. The molecular weight excluding hydrogens is 471 g/mol. The molecule has 1 aromatic heterocycles. The summed E-state index contributed by atoms with van der Waals surface area (Å²) in [6, 6.07) is 5.43. The number of carbonyl (C=O) groups is 1. The van der Waals surface area contributed by atoms with Crippen LogP contribution in [0.2, 0.25) is 10.0 Å². The molecule has 1 amide bonds. The van der Waals surface area contributed by atoms with Gasteiger partial charge in [0.25, 0.3) is 5.91 Å². The molecule has 2 atom stereocenters. The Morgan fingerprint density at radius 2 is 1.97 bits per heavy atom. The third-order valence-corrected chi connectivity index (χ3v) is 8.97. The van der Waals surface area contributed by atoms with Crippen LogP contribution >= 0.6 is 23.2 Å². The first kappa shape index (κ1) is 23.8. The van der Waals surface area contributed by atoms with Crippen LogP contribution in [-0.4, -0.2) is 48.2 Å². The summed E-state index contributed by atoms with van der Waals surface area (Å²) >= 11 is 12.8. The van der Waals surface area contributed by atoms with Crippen LogP contribution in [0.25, 0.3) is 11.3 Å². The number of anilines is 1. The number of nitrogens with one attached hydrogen (secondary N) is 1. The largest absolute Gasteiger partial charge is 0.379 e. The highest BCUT2D eigenvalue weighted by Gasteiger charge is 2.43. The molecule has 5 rings (SSSR count). The summed E-state index contributed by atoms with van der Waals surface area (Å²) < 4.78 is 5.45. The minimum Gasteiger partial charge on any atom is -0.379 e. The summed E-state index contributed by atoms with van der Waals surface area (Å²) in [6.07, 6.45) is 7.03. The number of carbonyl (C=O) groups excluding carboxylic acids is 1. The quantitative estimate of drug-likeness (QED) is 0.581. The molecule has 3 heterocycles. The van der Waals surface area contributed by atoms with Crippen molar-refractivity contribution in [2.45, 2.75) is 58.4 Å². The molecule has 1 saturated carbocycles. The number of hydrogen-bond acceptors (Lipinski definition) is 5. The molecular formula is C26H32Cl2N4O2. The van der Waals surface area contributed by atoms with Crippen molar-refractivity contribution in [2.75, 3.05) is 31.2 Å². The fourth-order valence-electron chi connectivity index (χ4n) is 5.94. The lowest BCUT2D eigenvalue weighted by molar-refractivity contribution is 0.0924. The number of hydrogen-bond donors (Lipinski definition) is 1. The van der Waals surface area contributed by atoms with E-state index in [2.05, 4.69) is 17.1 Å². The summed E-state index contributed by atoms with van der Waals surface area (Å²) in [5.41, 5.74) is 2.79.